The molecule has 4 aromatic rings. The maximum absolute atomic E-state index is 13.8. The molecule has 0 radical (unpaired) electrons. The van der Waals surface area contributed by atoms with Crippen molar-refractivity contribution in [2.45, 2.75) is 60.4 Å². The maximum atomic E-state index is 13.8. The molecule has 12 heteroatoms. The zero-order valence-corrected chi connectivity index (χ0v) is 26.5. The van der Waals surface area contributed by atoms with Gasteiger partial charge in [-0.05, 0) is 106 Å². The van der Waals surface area contributed by atoms with E-state index >= 15 is 0 Å². The number of carbonyl (C=O) groups is 1. The minimum Gasteiger partial charge on any atom is -0.381 e. The fraction of sp³-hybridized carbons (Fsp3) is 0.412. The number of rotatable bonds is 8. The number of anilines is 3. The van der Waals surface area contributed by atoms with Crippen LogP contribution < -0.4 is 15.5 Å². The predicted molar refractivity (Wildman–Crippen MR) is 176 cm³/mol. The lowest BCUT2D eigenvalue weighted by molar-refractivity contribution is 0.0904. The lowest BCUT2D eigenvalue weighted by Gasteiger charge is -2.38. The number of nitrogens with one attached hydrogen (secondary N) is 3. The molecule has 46 heavy (non-hydrogen) atoms. The van der Waals surface area contributed by atoms with Crippen molar-refractivity contribution < 1.29 is 22.3 Å². The second kappa shape index (κ2) is 13.0. The van der Waals surface area contributed by atoms with Gasteiger partial charge < -0.3 is 25.2 Å². The van der Waals surface area contributed by atoms with Crippen LogP contribution in [-0.2, 0) is 14.6 Å². The van der Waals surface area contributed by atoms with Crippen LogP contribution >= 0.6 is 0 Å². The van der Waals surface area contributed by atoms with Crippen molar-refractivity contribution in [3.05, 3.63) is 72.0 Å². The van der Waals surface area contributed by atoms with Crippen molar-refractivity contribution in [2.24, 2.45) is 0 Å². The summed E-state index contributed by atoms with van der Waals surface area (Å²) in [5, 5.41) is 14.1. The van der Waals surface area contributed by atoms with Crippen LogP contribution in [0.25, 0.3) is 10.9 Å². The number of hydrogen-bond donors (Lipinski definition) is 3. The monoisotopic (exact) mass is 646 g/mol. The van der Waals surface area contributed by atoms with Crippen molar-refractivity contribution in [3.63, 3.8) is 0 Å². The number of H-pyrrole nitrogens is 1. The van der Waals surface area contributed by atoms with E-state index in [4.69, 9.17) is 4.74 Å². The van der Waals surface area contributed by atoms with Gasteiger partial charge in [-0.3, -0.25) is 9.89 Å². The molecule has 0 aliphatic carbocycles. The van der Waals surface area contributed by atoms with Gasteiger partial charge >= 0.3 is 0 Å². The average Bonchev–Trinajstić information content (AvgIpc) is 3.76. The summed E-state index contributed by atoms with van der Waals surface area (Å²) < 4.78 is 45.9. The van der Waals surface area contributed by atoms with Gasteiger partial charge in [0.25, 0.3) is 5.91 Å². The van der Waals surface area contributed by atoms with Gasteiger partial charge in [0.1, 0.15) is 5.82 Å². The first-order valence-corrected chi connectivity index (χ1v) is 17.6. The van der Waals surface area contributed by atoms with Crippen molar-refractivity contribution in [1.29, 1.82) is 0 Å². The van der Waals surface area contributed by atoms with E-state index in [1.165, 1.54) is 56.3 Å². The van der Waals surface area contributed by atoms with Crippen LogP contribution in [0.15, 0.2) is 70.5 Å². The van der Waals surface area contributed by atoms with E-state index in [0.717, 1.165) is 56.2 Å². The maximum Gasteiger partial charge on any atom is 0.258 e. The number of halogens is 1. The van der Waals surface area contributed by atoms with Crippen molar-refractivity contribution in [3.8, 4) is 0 Å². The van der Waals surface area contributed by atoms with Crippen molar-refractivity contribution in [1.82, 2.24) is 15.1 Å². The van der Waals surface area contributed by atoms with Gasteiger partial charge in [-0.15, -0.1) is 0 Å². The van der Waals surface area contributed by atoms with Gasteiger partial charge in [0.15, 0.2) is 5.82 Å². The first kappa shape index (κ1) is 30.6. The number of piperidine rings is 1. The summed E-state index contributed by atoms with van der Waals surface area (Å²) in [6.45, 7) is 5.71. The molecule has 0 bridgehead atoms. The Balaban J connectivity index is 1.14. The van der Waals surface area contributed by atoms with Crippen molar-refractivity contribution in [2.75, 3.05) is 54.9 Å². The Hall–Kier alpha value is -4.00. The Morgan fingerprint density at radius 3 is 2.43 bits per heavy atom. The number of nitrogens with zero attached hydrogens (tertiary/aromatic N) is 3. The number of benzene rings is 3. The molecule has 3 aliphatic heterocycles. The summed E-state index contributed by atoms with van der Waals surface area (Å²) in [5.41, 5.74) is 2.87. The molecule has 242 valence electrons. The second-order valence-corrected chi connectivity index (χ2v) is 14.4. The van der Waals surface area contributed by atoms with Crippen LogP contribution in [-0.4, -0.2) is 80.9 Å². The fourth-order valence-corrected chi connectivity index (χ4v) is 8.22. The first-order valence-electron chi connectivity index (χ1n) is 16.1. The number of amides is 1. The third-order valence-corrected chi connectivity index (χ3v) is 11.2. The van der Waals surface area contributed by atoms with Crippen molar-refractivity contribution >= 4 is 43.8 Å². The Bertz CT molecular complexity index is 1830. The summed E-state index contributed by atoms with van der Waals surface area (Å²) >= 11 is 0. The Labute approximate surface area is 268 Å². The highest BCUT2D eigenvalue weighted by Crippen LogP contribution is 2.32. The van der Waals surface area contributed by atoms with Gasteiger partial charge in [-0.25, -0.2) is 12.8 Å². The standard InChI is InChI=1S/C34H39FN6O4S/c35-23-4-3-5-27(20-23)46(43,44)28-7-9-31-30(22-28)33(39-38-31)37-34(42)29-8-6-26(21-32(29)36-24-12-18-45-19-13-24)41-16-10-25(11-17-41)40-14-1-2-15-40/h3-9,20-22,24-25,36H,1-2,10-19H2,(H2,37,38,39,42). The van der Waals surface area contributed by atoms with Gasteiger partial charge in [0.2, 0.25) is 9.84 Å². The summed E-state index contributed by atoms with van der Waals surface area (Å²) in [7, 11) is -4.00. The molecular formula is C34H39FN6O4S. The Morgan fingerprint density at radius 1 is 0.913 bits per heavy atom. The smallest absolute Gasteiger partial charge is 0.258 e. The number of hydrogen-bond acceptors (Lipinski definition) is 8. The summed E-state index contributed by atoms with van der Waals surface area (Å²) in [6, 6.07) is 16.1. The molecule has 0 spiro atoms. The zero-order valence-electron chi connectivity index (χ0n) is 25.7. The molecule has 4 heterocycles. The zero-order chi connectivity index (χ0) is 31.7. The van der Waals surface area contributed by atoms with Gasteiger partial charge in [0, 0.05) is 55.1 Å². The normalized spacial score (nSPS) is 18.7. The van der Waals surface area contributed by atoms with Crippen LogP contribution in [0, 0.1) is 5.82 Å². The number of sulfone groups is 1. The van der Waals surface area contributed by atoms with E-state index in [9.17, 15) is 17.6 Å². The number of likely N-dealkylation sites (tertiary alicyclic amines) is 1. The van der Waals surface area contributed by atoms with Crippen LogP contribution in [0.5, 0.6) is 0 Å². The quantitative estimate of drug-likeness (QED) is 0.232. The van der Waals surface area contributed by atoms with E-state index in [1.54, 1.807) is 6.07 Å². The highest BCUT2D eigenvalue weighted by atomic mass is 32.2. The first-order chi connectivity index (χ1) is 22.3. The molecule has 10 nitrogen and oxygen atoms in total. The van der Waals surface area contributed by atoms with E-state index in [0.29, 0.717) is 35.7 Å². The molecule has 0 saturated carbocycles. The number of fused-ring (bicyclic) bond motifs is 1. The Kier molecular flexibility index (Phi) is 8.67. The largest absolute Gasteiger partial charge is 0.381 e. The third kappa shape index (κ3) is 6.33. The minimum absolute atomic E-state index is 0.0257. The van der Waals surface area contributed by atoms with Gasteiger partial charge in [0.05, 0.1) is 20.9 Å². The second-order valence-electron chi connectivity index (χ2n) is 12.4. The molecule has 0 atom stereocenters. The molecule has 3 fully saturated rings. The molecule has 7 rings (SSSR count). The summed E-state index contributed by atoms with van der Waals surface area (Å²) in [6.07, 6.45) is 6.56. The summed E-state index contributed by atoms with van der Waals surface area (Å²) in [5.74, 6) is -0.789. The molecule has 0 unspecified atom stereocenters. The number of carbonyl (C=O) groups excluding carboxylic acids is 1. The molecule has 3 saturated heterocycles. The van der Waals surface area contributed by atoms with Gasteiger partial charge in [-0.1, -0.05) is 6.07 Å². The molecule has 3 aliphatic rings. The topological polar surface area (TPSA) is 120 Å². The SMILES string of the molecule is O=C(Nc1n[nH]c2ccc(S(=O)(=O)c3cccc(F)c3)cc12)c1ccc(N2CCC(N3CCCC3)CC2)cc1NC1CCOCC1. The van der Waals surface area contributed by atoms with Crippen LogP contribution in [0.1, 0.15) is 48.9 Å². The molecular weight excluding hydrogens is 607 g/mol. The fourth-order valence-electron chi connectivity index (χ4n) is 6.90. The van der Waals surface area contributed by atoms with Crippen LogP contribution in [0.2, 0.25) is 0 Å². The molecule has 1 aromatic heterocycles. The number of aromatic amines is 1. The highest BCUT2D eigenvalue weighted by Gasteiger charge is 2.28. The molecule has 3 N–H and O–H groups in total. The lowest BCUT2D eigenvalue weighted by Crippen LogP contribution is -2.43. The van der Waals surface area contributed by atoms with E-state index in [2.05, 4.69) is 36.7 Å². The Morgan fingerprint density at radius 2 is 1.67 bits per heavy atom. The van der Waals surface area contributed by atoms with E-state index in [-0.39, 0.29) is 27.6 Å². The molecule has 3 aromatic carbocycles. The third-order valence-electron chi connectivity index (χ3n) is 9.50. The minimum atomic E-state index is -4.00. The average molecular weight is 647 g/mol. The van der Waals surface area contributed by atoms with E-state index in [1.807, 2.05) is 12.1 Å². The number of aromatic nitrogens is 2. The predicted octanol–water partition coefficient (Wildman–Crippen LogP) is 5.44. The van der Waals surface area contributed by atoms with Crippen LogP contribution in [0.3, 0.4) is 0 Å². The summed E-state index contributed by atoms with van der Waals surface area (Å²) in [4.78, 5) is 18.7. The number of ether oxygens (including phenoxy) is 1. The van der Waals surface area contributed by atoms with Gasteiger partial charge in [-0.2, -0.15) is 5.10 Å². The molecule has 1 amide bonds. The van der Waals surface area contributed by atoms with E-state index < -0.39 is 15.7 Å². The highest BCUT2D eigenvalue weighted by molar-refractivity contribution is 7.91. The lowest BCUT2D eigenvalue weighted by atomic mass is 10.0. The van der Waals surface area contributed by atoms with Crippen LogP contribution in [0.4, 0.5) is 21.6 Å².